The van der Waals surface area contributed by atoms with Crippen molar-refractivity contribution in [2.24, 2.45) is 5.92 Å². The Hall–Kier alpha value is -2.17. The number of carbonyl (C=O) groups is 2. The average molecular weight is 305 g/mol. The van der Waals surface area contributed by atoms with Crippen molar-refractivity contribution in [1.29, 1.82) is 0 Å². The first-order chi connectivity index (χ1) is 10.6. The first kappa shape index (κ1) is 16.2. The molecule has 22 heavy (non-hydrogen) atoms. The highest BCUT2D eigenvalue weighted by molar-refractivity contribution is 5.92. The molecule has 1 aliphatic heterocycles. The van der Waals surface area contributed by atoms with Crippen LogP contribution in [0.3, 0.4) is 0 Å². The van der Waals surface area contributed by atoms with Crippen LogP contribution in [0.1, 0.15) is 25.3 Å². The minimum absolute atomic E-state index is 0.140. The van der Waals surface area contributed by atoms with E-state index in [1.807, 2.05) is 0 Å². The molecule has 1 unspecified atom stereocenters. The van der Waals surface area contributed by atoms with Gasteiger partial charge < -0.3 is 9.64 Å². The second-order valence-electron chi connectivity index (χ2n) is 5.26. The monoisotopic (exact) mass is 305 g/mol. The molecule has 0 spiro atoms. The van der Waals surface area contributed by atoms with Crippen LogP contribution in [0.4, 0.5) is 4.39 Å². The zero-order chi connectivity index (χ0) is 15.9. The fraction of sp³-hybridized carbons (Fsp3) is 0.412. The smallest absolute Gasteiger partial charge is 0.310 e. The molecule has 0 aliphatic carbocycles. The van der Waals surface area contributed by atoms with Crippen LogP contribution in [-0.2, 0) is 14.3 Å². The van der Waals surface area contributed by atoms with Crippen molar-refractivity contribution in [3.63, 3.8) is 0 Å². The van der Waals surface area contributed by atoms with Gasteiger partial charge in [0.1, 0.15) is 5.82 Å². The van der Waals surface area contributed by atoms with Gasteiger partial charge in [0.05, 0.1) is 12.5 Å². The van der Waals surface area contributed by atoms with E-state index in [1.54, 1.807) is 30.0 Å². The first-order valence-corrected chi connectivity index (χ1v) is 7.49. The van der Waals surface area contributed by atoms with E-state index in [-0.39, 0.29) is 23.6 Å². The highest BCUT2D eigenvalue weighted by Crippen LogP contribution is 2.18. The molecule has 1 saturated heterocycles. The van der Waals surface area contributed by atoms with Crippen LogP contribution < -0.4 is 0 Å². The number of ether oxygens (including phenoxy) is 1. The number of nitrogens with zero attached hydrogens (tertiary/aromatic N) is 1. The van der Waals surface area contributed by atoms with Gasteiger partial charge in [-0.05, 0) is 43.5 Å². The van der Waals surface area contributed by atoms with E-state index in [0.29, 0.717) is 19.7 Å². The summed E-state index contributed by atoms with van der Waals surface area (Å²) in [5, 5.41) is 0. The molecule has 4 nitrogen and oxygen atoms in total. The number of likely N-dealkylation sites (tertiary alicyclic amines) is 1. The Labute approximate surface area is 129 Å². The standard InChI is InChI=1S/C17H20FNO3/c1-2-22-17(21)14-4-3-11-19(12-14)16(20)10-7-13-5-8-15(18)9-6-13/h5-10,14H,2-4,11-12H2,1H3. The van der Waals surface area contributed by atoms with Crippen molar-refractivity contribution in [3.05, 3.63) is 41.7 Å². The Balaban J connectivity index is 1.94. The Kier molecular flexibility index (Phi) is 5.69. The van der Waals surface area contributed by atoms with Crippen molar-refractivity contribution in [1.82, 2.24) is 4.90 Å². The first-order valence-electron chi connectivity index (χ1n) is 7.49. The summed E-state index contributed by atoms with van der Waals surface area (Å²) in [4.78, 5) is 25.6. The fourth-order valence-electron chi connectivity index (χ4n) is 2.48. The molecule has 0 saturated carbocycles. The van der Waals surface area contributed by atoms with E-state index in [0.717, 1.165) is 18.4 Å². The van der Waals surface area contributed by atoms with Gasteiger partial charge in [-0.2, -0.15) is 0 Å². The summed E-state index contributed by atoms with van der Waals surface area (Å²) in [6, 6.07) is 5.91. The number of halogens is 1. The van der Waals surface area contributed by atoms with Crippen LogP contribution in [0.15, 0.2) is 30.3 Å². The van der Waals surface area contributed by atoms with Gasteiger partial charge in [0.25, 0.3) is 0 Å². The van der Waals surface area contributed by atoms with Crippen molar-refractivity contribution in [2.45, 2.75) is 19.8 Å². The molecule has 1 aliphatic rings. The van der Waals surface area contributed by atoms with Crippen LogP contribution in [-0.4, -0.2) is 36.5 Å². The van der Waals surface area contributed by atoms with Gasteiger partial charge in [-0.1, -0.05) is 12.1 Å². The molecule has 1 atom stereocenters. The van der Waals surface area contributed by atoms with Crippen LogP contribution in [0.5, 0.6) is 0 Å². The molecule has 1 aromatic carbocycles. The minimum atomic E-state index is -0.309. The molecule has 1 aromatic rings. The highest BCUT2D eigenvalue weighted by Gasteiger charge is 2.28. The summed E-state index contributed by atoms with van der Waals surface area (Å²) < 4.78 is 17.8. The third-order valence-electron chi connectivity index (χ3n) is 3.64. The van der Waals surface area contributed by atoms with Crippen molar-refractivity contribution in [3.8, 4) is 0 Å². The second-order valence-corrected chi connectivity index (χ2v) is 5.26. The number of esters is 1. The lowest BCUT2D eigenvalue weighted by Gasteiger charge is -2.30. The van der Waals surface area contributed by atoms with Gasteiger partial charge in [-0.25, -0.2) is 4.39 Å². The maximum Gasteiger partial charge on any atom is 0.310 e. The molecular weight excluding hydrogens is 285 g/mol. The Bertz CT molecular complexity index is 554. The Morgan fingerprint density at radius 3 is 2.77 bits per heavy atom. The summed E-state index contributed by atoms with van der Waals surface area (Å²) in [7, 11) is 0. The summed E-state index contributed by atoms with van der Waals surface area (Å²) in [5.41, 5.74) is 0.758. The number of hydrogen-bond donors (Lipinski definition) is 0. The number of rotatable bonds is 4. The summed E-state index contributed by atoms with van der Waals surface area (Å²) in [6.07, 6.45) is 4.65. The molecule has 118 valence electrons. The molecule has 1 amide bonds. The third kappa shape index (κ3) is 4.41. The lowest BCUT2D eigenvalue weighted by Crippen LogP contribution is -2.42. The molecule has 0 bridgehead atoms. The van der Waals surface area contributed by atoms with E-state index < -0.39 is 0 Å². The molecular formula is C17H20FNO3. The van der Waals surface area contributed by atoms with Gasteiger partial charge >= 0.3 is 5.97 Å². The van der Waals surface area contributed by atoms with E-state index in [1.165, 1.54) is 18.2 Å². The topological polar surface area (TPSA) is 46.6 Å². The zero-order valence-corrected chi connectivity index (χ0v) is 12.6. The molecule has 2 rings (SSSR count). The molecule has 1 fully saturated rings. The molecule has 1 heterocycles. The van der Waals surface area contributed by atoms with Crippen molar-refractivity contribution in [2.75, 3.05) is 19.7 Å². The maximum atomic E-state index is 12.8. The number of benzene rings is 1. The van der Waals surface area contributed by atoms with Gasteiger partial charge in [-0.15, -0.1) is 0 Å². The lowest BCUT2D eigenvalue weighted by molar-refractivity contribution is -0.150. The van der Waals surface area contributed by atoms with Crippen LogP contribution in [0, 0.1) is 11.7 Å². The molecule has 0 aromatic heterocycles. The number of amides is 1. The Morgan fingerprint density at radius 1 is 1.36 bits per heavy atom. The van der Waals surface area contributed by atoms with Gasteiger partial charge in [0.2, 0.25) is 5.91 Å². The number of carbonyl (C=O) groups excluding carboxylic acids is 2. The predicted octanol–water partition coefficient (Wildman–Crippen LogP) is 2.64. The lowest BCUT2D eigenvalue weighted by atomic mass is 9.98. The van der Waals surface area contributed by atoms with Crippen LogP contribution in [0.2, 0.25) is 0 Å². The highest BCUT2D eigenvalue weighted by atomic mass is 19.1. The van der Waals surface area contributed by atoms with Crippen LogP contribution >= 0.6 is 0 Å². The van der Waals surface area contributed by atoms with E-state index in [2.05, 4.69) is 0 Å². The van der Waals surface area contributed by atoms with Gasteiger partial charge in [0.15, 0.2) is 0 Å². The maximum absolute atomic E-state index is 12.8. The second kappa shape index (κ2) is 7.73. The zero-order valence-electron chi connectivity index (χ0n) is 12.6. The minimum Gasteiger partial charge on any atom is -0.466 e. The quantitative estimate of drug-likeness (QED) is 0.634. The third-order valence-corrected chi connectivity index (χ3v) is 3.64. The van der Waals surface area contributed by atoms with E-state index in [4.69, 9.17) is 4.74 Å². The SMILES string of the molecule is CCOC(=O)C1CCCN(C(=O)C=Cc2ccc(F)cc2)C1. The summed E-state index contributed by atoms with van der Waals surface area (Å²) in [5.74, 6) is -0.922. The Morgan fingerprint density at radius 2 is 2.09 bits per heavy atom. The van der Waals surface area contributed by atoms with Crippen molar-refractivity contribution < 1.29 is 18.7 Å². The molecule has 5 heteroatoms. The van der Waals surface area contributed by atoms with Gasteiger partial charge in [0, 0.05) is 19.2 Å². The molecule has 0 N–H and O–H groups in total. The largest absolute Gasteiger partial charge is 0.466 e. The number of piperidine rings is 1. The van der Waals surface area contributed by atoms with Gasteiger partial charge in [-0.3, -0.25) is 9.59 Å². The van der Waals surface area contributed by atoms with E-state index >= 15 is 0 Å². The van der Waals surface area contributed by atoms with Crippen LogP contribution in [0.25, 0.3) is 6.08 Å². The molecule has 0 radical (unpaired) electrons. The summed E-state index contributed by atoms with van der Waals surface area (Å²) >= 11 is 0. The average Bonchev–Trinajstić information content (AvgIpc) is 2.54. The summed E-state index contributed by atoms with van der Waals surface area (Å²) in [6.45, 7) is 3.16. The van der Waals surface area contributed by atoms with E-state index in [9.17, 15) is 14.0 Å². The predicted molar refractivity (Wildman–Crippen MR) is 81.4 cm³/mol. The van der Waals surface area contributed by atoms with Crippen molar-refractivity contribution >= 4 is 18.0 Å². The normalized spacial score (nSPS) is 18.5. The fourth-order valence-corrected chi connectivity index (χ4v) is 2.48. The number of hydrogen-bond acceptors (Lipinski definition) is 3.